The summed E-state index contributed by atoms with van der Waals surface area (Å²) in [5, 5.41) is 9.60. The molecule has 1 heterocycles. The van der Waals surface area contributed by atoms with E-state index < -0.39 is 0 Å². The van der Waals surface area contributed by atoms with Gasteiger partial charge in [-0.1, -0.05) is 32.9 Å². The summed E-state index contributed by atoms with van der Waals surface area (Å²) in [5.41, 5.74) is 1.84. The number of hydrogen-bond donors (Lipinski definition) is 0. The van der Waals surface area contributed by atoms with Gasteiger partial charge in [-0.15, -0.1) is 0 Å². The molecular formula is C15H15FN2. The smallest absolute Gasteiger partial charge is 0.149 e. The van der Waals surface area contributed by atoms with Crippen LogP contribution in [0.3, 0.4) is 0 Å². The first kappa shape index (κ1) is 12.5. The quantitative estimate of drug-likeness (QED) is 0.763. The summed E-state index contributed by atoms with van der Waals surface area (Å²) in [6, 6.07) is 8.89. The number of benzene rings is 1. The molecule has 0 radical (unpaired) electrons. The molecule has 0 fully saturated rings. The van der Waals surface area contributed by atoms with E-state index in [0.29, 0.717) is 5.52 Å². The molecule has 1 aromatic carbocycles. The Balaban J connectivity index is 2.80. The van der Waals surface area contributed by atoms with Crippen LogP contribution in [0, 0.1) is 17.1 Å². The van der Waals surface area contributed by atoms with Crippen LogP contribution in [0.4, 0.5) is 4.39 Å². The van der Waals surface area contributed by atoms with E-state index >= 15 is 0 Å². The lowest BCUT2D eigenvalue weighted by molar-refractivity contribution is 0.568. The Morgan fingerprint density at radius 3 is 2.67 bits per heavy atom. The third-order valence-corrected chi connectivity index (χ3v) is 2.91. The number of nitrogens with zero attached hydrogens (tertiary/aromatic N) is 2. The molecule has 0 aliphatic heterocycles. The normalized spacial score (nSPS) is 11.5. The largest absolute Gasteiger partial charge is 0.249 e. The zero-order valence-electron chi connectivity index (χ0n) is 10.8. The molecule has 1 aromatic heterocycles. The number of rotatable bonds is 1. The van der Waals surface area contributed by atoms with Crippen molar-refractivity contribution in [3.8, 4) is 6.07 Å². The van der Waals surface area contributed by atoms with E-state index in [0.717, 1.165) is 16.6 Å². The first-order valence-electron chi connectivity index (χ1n) is 5.89. The van der Waals surface area contributed by atoms with E-state index in [1.54, 1.807) is 6.07 Å². The molecule has 0 N–H and O–H groups in total. The average Bonchev–Trinajstić information content (AvgIpc) is 2.29. The van der Waals surface area contributed by atoms with Crippen molar-refractivity contribution in [1.82, 2.24) is 4.98 Å². The molecule has 18 heavy (non-hydrogen) atoms. The standard InChI is InChI=1S/C15H15FN2/c1-15(2,3)13-9-10(7-8-17)11-5-4-6-12(16)14(11)18-13/h4-6,9H,7H2,1-3H3. The molecule has 0 aliphatic carbocycles. The average molecular weight is 242 g/mol. The molecule has 0 saturated heterocycles. The fourth-order valence-electron chi connectivity index (χ4n) is 1.90. The van der Waals surface area contributed by atoms with E-state index in [1.165, 1.54) is 6.07 Å². The summed E-state index contributed by atoms with van der Waals surface area (Å²) in [6.45, 7) is 6.08. The SMILES string of the molecule is CC(C)(C)c1cc(CC#N)c2cccc(F)c2n1. The van der Waals surface area contributed by atoms with Crippen LogP contribution in [-0.4, -0.2) is 4.98 Å². The third-order valence-electron chi connectivity index (χ3n) is 2.91. The van der Waals surface area contributed by atoms with Gasteiger partial charge in [-0.3, -0.25) is 0 Å². The van der Waals surface area contributed by atoms with E-state index in [-0.39, 0.29) is 17.7 Å². The van der Waals surface area contributed by atoms with Gasteiger partial charge < -0.3 is 0 Å². The summed E-state index contributed by atoms with van der Waals surface area (Å²) >= 11 is 0. The Morgan fingerprint density at radius 2 is 2.06 bits per heavy atom. The van der Waals surface area contributed by atoms with Gasteiger partial charge in [0, 0.05) is 16.5 Å². The molecule has 0 atom stereocenters. The molecule has 3 heteroatoms. The molecule has 0 amide bonds. The Bertz CT molecular complexity index is 633. The molecule has 2 aromatic rings. The van der Waals surface area contributed by atoms with Gasteiger partial charge in [0.1, 0.15) is 11.3 Å². The number of halogens is 1. The monoisotopic (exact) mass is 242 g/mol. The summed E-state index contributed by atoms with van der Waals surface area (Å²) in [7, 11) is 0. The number of pyridine rings is 1. The second-order valence-corrected chi connectivity index (χ2v) is 5.39. The Hall–Kier alpha value is -1.95. The molecule has 0 bridgehead atoms. The van der Waals surface area contributed by atoms with Crippen LogP contribution >= 0.6 is 0 Å². The number of hydrogen-bond acceptors (Lipinski definition) is 2. The number of nitriles is 1. The molecular weight excluding hydrogens is 227 g/mol. The Labute approximate surface area is 106 Å². The van der Waals surface area contributed by atoms with Crippen LogP contribution in [0.1, 0.15) is 32.0 Å². The van der Waals surface area contributed by atoms with E-state index in [1.807, 2.05) is 32.9 Å². The predicted octanol–water partition coefficient (Wildman–Crippen LogP) is 3.74. The molecule has 2 nitrogen and oxygen atoms in total. The number of fused-ring (bicyclic) bond motifs is 1. The zero-order valence-corrected chi connectivity index (χ0v) is 10.8. The lowest BCUT2D eigenvalue weighted by Gasteiger charge is -2.19. The fourth-order valence-corrected chi connectivity index (χ4v) is 1.90. The van der Waals surface area contributed by atoms with Gasteiger partial charge in [0.05, 0.1) is 12.5 Å². The maximum atomic E-state index is 13.8. The number of aromatic nitrogens is 1. The van der Waals surface area contributed by atoms with Crippen LogP contribution < -0.4 is 0 Å². The minimum atomic E-state index is -0.335. The summed E-state index contributed by atoms with van der Waals surface area (Å²) in [4.78, 5) is 4.40. The molecule has 0 saturated carbocycles. The van der Waals surface area contributed by atoms with Crippen molar-refractivity contribution in [3.63, 3.8) is 0 Å². The number of para-hydroxylation sites is 1. The Kier molecular flexibility index (Phi) is 3.04. The van der Waals surface area contributed by atoms with Crippen molar-refractivity contribution in [2.75, 3.05) is 0 Å². The molecule has 2 rings (SSSR count). The van der Waals surface area contributed by atoms with Gasteiger partial charge in [0.25, 0.3) is 0 Å². The van der Waals surface area contributed by atoms with Crippen molar-refractivity contribution in [2.45, 2.75) is 32.6 Å². The highest BCUT2D eigenvalue weighted by atomic mass is 19.1. The Morgan fingerprint density at radius 1 is 1.33 bits per heavy atom. The third kappa shape index (κ3) is 2.19. The zero-order chi connectivity index (χ0) is 13.3. The van der Waals surface area contributed by atoms with Crippen LogP contribution in [0.2, 0.25) is 0 Å². The van der Waals surface area contributed by atoms with E-state index in [2.05, 4.69) is 11.1 Å². The van der Waals surface area contributed by atoms with Gasteiger partial charge in [0.2, 0.25) is 0 Å². The molecule has 0 aliphatic rings. The van der Waals surface area contributed by atoms with Gasteiger partial charge in [-0.2, -0.15) is 5.26 Å². The second kappa shape index (κ2) is 4.38. The van der Waals surface area contributed by atoms with E-state index in [9.17, 15) is 4.39 Å². The van der Waals surface area contributed by atoms with Crippen LogP contribution in [0.15, 0.2) is 24.3 Å². The fraction of sp³-hybridized carbons (Fsp3) is 0.333. The highest BCUT2D eigenvalue weighted by molar-refractivity contribution is 5.83. The van der Waals surface area contributed by atoms with Crippen molar-refractivity contribution >= 4 is 10.9 Å². The molecule has 92 valence electrons. The summed E-state index contributed by atoms with van der Waals surface area (Å²) in [5.74, 6) is -0.335. The van der Waals surface area contributed by atoms with E-state index in [4.69, 9.17) is 5.26 Å². The van der Waals surface area contributed by atoms with Crippen LogP contribution in [0.5, 0.6) is 0 Å². The highest BCUT2D eigenvalue weighted by Crippen LogP contribution is 2.27. The van der Waals surface area contributed by atoms with Crippen molar-refractivity contribution in [1.29, 1.82) is 5.26 Å². The lowest BCUT2D eigenvalue weighted by atomic mass is 9.89. The minimum absolute atomic E-state index is 0.166. The van der Waals surface area contributed by atoms with Crippen LogP contribution in [-0.2, 0) is 11.8 Å². The summed E-state index contributed by atoms with van der Waals surface area (Å²) < 4.78 is 13.8. The van der Waals surface area contributed by atoms with Gasteiger partial charge in [-0.25, -0.2) is 9.37 Å². The van der Waals surface area contributed by atoms with Gasteiger partial charge in [-0.05, 0) is 17.7 Å². The van der Waals surface area contributed by atoms with Crippen LogP contribution in [0.25, 0.3) is 10.9 Å². The minimum Gasteiger partial charge on any atom is -0.249 e. The molecule has 0 unspecified atom stereocenters. The first-order valence-corrected chi connectivity index (χ1v) is 5.89. The van der Waals surface area contributed by atoms with Crippen molar-refractivity contribution < 1.29 is 4.39 Å². The maximum Gasteiger partial charge on any atom is 0.149 e. The first-order chi connectivity index (χ1) is 8.43. The predicted molar refractivity (Wildman–Crippen MR) is 69.7 cm³/mol. The van der Waals surface area contributed by atoms with Gasteiger partial charge in [0.15, 0.2) is 0 Å². The van der Waals surface area contributed by atoms with Crippen molar-refractivity contribution in [2.24, 2.45) is 0 Å². The topological polar surface area (TPSA) is 36.7 Å². The lowest BCUT2D eigenvalue weighted by Crippen LogP contribution is -2.14. The van der Waals surface area contributed by atoms with Gasteiger partial charge >= 0.3 is 0 Å². The maximum absolute atomic E-state index is 13.8. The highest BCUT2D eigenvalue weighted by Gasteiger charge is 2.18. The van der Waals surface area contributed by atoms with Crippen molar-refractivity contribution in [3.05, 3.63) is 41.3 Å². The second-order valence-electron chi connectivity index (χ2n) is 5.39. The molecule has 0 spiro atoms. The summed E-state index contributed by atoms with van der Waals surface area (Å²) in [6.07, 6.45) is 0.269.